The summed E-state index contributed by atoms with van der Waals surface area (Å²) in [6.07, 6.45) is 2.91. The van der Waals surface area contributed by atoms with Crippen LogP contribution < -0.4 is 10.1 Å². The fourth-order valence-electron chi connectivity index (χ4n) is 3.96. The van der Waals surface area contributed by atoms with Crippen molar-refractivity contribution in [2.75, 3.05) is 33.3 Å². The van der Waals surface area contributed by atoms with Gasteiger partial charge in [-0.1, -0.05) is 12.1 Å². The summed E-state index contributed by atoms with van der Waals surface area (Å²) in [5.41, 5.74) is 2.54. The van der Waals surface area contributed by atoms with Crippen LogP contribution in [-0.4, -0.2) is 58.9 Å². The summed E-state index contributed by atoms with van der Waals surface area (Å²) >= 11 is 0. The molecule has 0 spiro atoms. The molecule has 1 atom stereocenters. The normalized spacial score (nSPS) is 17.0. The predicted molar refractivity (Wildman–Crippen MR) is 112 cm³/mol. The van der Waals surface area contributed by atoms with Crippen molar-refractivity contribution in [2.45, 2.75) is 25.8 Å². The Morgan fingerprint density at radius 2 is 2.14 bits per heavy atom. The Balaban J connectivity index is 1.47. The highest BCUT2D eigenvalue weighted by Gasteiger charge is 2.26. The Bertz CT molecular complexity index is 1000. The lowest BCUT2D eigenvalue weighted by atomic mass is 10.0. The Morgan fingerprint density at radius 3 is 2.93 bits per heavy atom. The van der Waals surface area contributed by atoms with Crippen LogP contribution in [0.4, 0.5) is 0 Å². The number of ether oxygens (including phenoxy) is 1. The van der Waals surface area contributed by atoms with Crippen molar-refractivity contribution in [3.05, 3.63) is 53.9 Å². The van der Waals surface area contributed by atoms with E-state index in [0.717, 1.165) is 36.2 Å². The molecule has 0 radical (unpaired) electrons. The summed E-state index contributed by atoms with van der Waals surface area (Å²) < 4.78 is 7.47. The molecular weight excluding hydrogens is 366 g/mol. The molecule has 1 saturated heterocycles. The van der Waals surface area contributed by atoms with Crippen molar-refractivity contribution in [3.63, 3.8) is 0 Å². The van der Waals surface area contributed by atoms with E-state index >= 15 is 0 Å². The molecule has 152 valence electrons. The lowest BCUT2D eigenvalue weighted by Gasteiger charge is -2.10. The first-order valence-corrected chi connectivity index (χ1v) is 10.2. The maximum atomic E-state index is 12.6. The number of nitrogens with zero attached hydrogens (tertiary/aromatic N) is 4. The smallest absolute Gasteiger partial charge is 0.255 e. The van der Waals surface area contributed by atoms with Crippen LogP contribution in [0.25, 0.3) is 11.0 Å². The number of carbonyl (C=O) groups excluding carboxylic acids is 1. The molecule has 29 heavy (non-hydrogen) atoms. The number of pyridine rings is 1. The lowest BCUT2D eigenvalue weighted by molar-refractivity contribution is 0.0948. The quantitative estimate of drug-likeness (QED) is 0.668. The minimum absolute atomic E-state index is 0.142. The number of aromatic nitrogens is 3. The van der Waals surface area contributed by atoms with Gasteiger partial charge in [0.2, 0.25) is 0 Å². The van der Waals surface area contributed by atoms with Gasteiger partial charge in [0.25, 0.3) is 5.91 Å². The van der Waals surface area contributed by atoms with Crippen LogP contribution in [0.2, 0.25) is 0 Å². The SMILES string of the molecule is CCOc1ccccc1C(=O)NCCn1nc([C@H]2CCN(C)C2)c2cccnc21. The molecule has 1 aliphatic heterocycles. The zero-order chi connectivity index (χ0) is 20.2. The highest BCUT2D eigenvalue weighted by molar-refractivity contribution is 5.96. The first kappa shape index (κ1) is 19.4. The first-order valence-electron chi connectivity index (χ1n) is 10.2. The zero-order valence-corrected chi connectivity index (χ0v) is 17.0. The third-order valence-electron chi connectivity index (χ3n) is 5.35. The van der Waals surface area contributed by atoms with Crippen LogP contribution in [-0.2, 0) is 6.54 Å². The van der Waals surface area contributed by atoms with Gasteiger partial charge in [-0.3, -0.25) is 4.79 Å². The predicted octanol–water partition coefficient (Wildman–Crippen LogP) is 2.68. The number of rotatable bonds is 7. The van der Waals surface area contributed by atoms with Gasteiger partial charge < -0.3 is 15.0 Å². The summed E-state index contributed by atoms with van der Waals surface area (Å²) in [6.45, 7) is 5.58. The Morgan fingerprint density at radius 1 is 1.28 bits per heavy atom. The van der Waals surface area contributed by atoms with E-state index in [4.69, 9.17) is 9.84 Å². The first-order chi connectivity index (χ1) is 14.2. The second kappa shape index (κ2) is 8.61. The van der Waals surface area contributed by atoms with Gasteiger partial charge in [-0.05, 0) is 51.2 Å². The maximum absolute atomic E-state index is 12.6. The fraction of sp³-hybridized carbons (Fsp3) is 0.409. The fourth-order valence-corrected chi connectivity index (χ4v) is 3.96. The number of benzene rings is 1. The van der Waals surface area contributed by atoms with Crippen molar-refractivity contribution in [1.29, 1.82) is 0 Å². The average molecular weight is 393 g/mol. The van der Waals surface area contributed by atoms with Gasteiger partial charge in [0.15, 0.2) is 5.65 Å². The molecular formula is C22H27N5O2. The van der Waals surface area contributed by atoms with Crippen molar-refractivity contribution in [3.8, 4) is 5.75 Å². The van der Waals surface area contributed by atoms with E-state index < -0.39 is 0 Å². The van der Waals surface area contributed by atoms with Gasteiger partial charge in [-0.25, -0.2) is 9.67 Å². The molecule has 7 nitrogen and oxygen atoms in total. The van der Waals surface area contributed by atoms with Gasteiger partial charge in [0.1, 0.15) is 5.75 Å². The van der Waals surface area contributed by atoms with Gasteiger partial charge >= 0.3 is 0 Å². The largest absolute Gasteiger partial charge is 0.493 e. The van der Waals surface area contributed by atoms with E-state index in [1.165, 1.54) is 0 Å². The molecule has 1 amide bonds. The summed E-state index contributed by atoms with van der Waals surface area (Å²) in [7, 11) is 2.15. The maximum Gasteiger partial charge on any atom is 0.255 e. The molecule has 1 N–H and O–H groups in total. The summed E-state index contributed by atoms with van der Waals surface area (Å²) in [5, 5.41) is 8.97. The average Bonchev–Trinajstić information content (AvgIpc) is 3.32. The van der Waals surface area contributed by atoms with E-state index in [1.54, 1.807) is 12.3 Å². The van der Waals surface area contributed by atoms with E-state index in [9.17, 15) is 4.79 Å². The minimum atomic E-state index is -0.142. The van der Waals surface area contributed by atoms with Crippen molar-refractivity contribution >= 4 is 16.9 Å². The Kier molecular flexibility index (Phi) is 5.76. The van der Waals surface area contributed by atoms with Crippen LogP contribution >= 0.6 is 0 Å². The second-order valence-corrected chi connectivity index (χ2v) is 7.42. The zero-order valence-electron chi connectivity index (χ0n) is 17.0. The molecule has 0 saturated carbocycles. The standard InChI is InChI=1S/C22H27N5O2/c1-3-29-19-9-5-4-7-17(19)22(28)24-12-14-27-21-18(8-6-11-23-21)20(25-27)16-10-13-26(2)15-16/h4-9,11,16H,3,10,12-15H2,1-2H3,(H,24,28)/t16-/m0/s1. The number of para-hydroxylation sites is 1. The number of carbonyl (C=O) groups is 1. The third-order valence-corrected chi connectivity index (χ3v) is 5.35. The van der Waals surface area contributed by atoms with Crippen LogP contribution in [0.15, 0.2) is 42.6 Å². The number of likely N-dealkylation sites (tertiary alicyclic amines) is 1. The molecule has 7 heteroatoms. The molecule has 1 fully saturated rings. The molecule has 0 aliphatic carbocycles. The van der Waals surface area contributed by atoms with Crippen LogP contribution in [0, 0.1) is 0 Å². The van der Waals surface area contributed by atoms with Crippen LogP contribution in [0.5, 0.6) is 5.75 Å². The number of likely N-dealkylation sites (N-methyl/N-ethyl adjacent to an activating group) is 1. The van der Waals surface area contributed by atoms with Crippen molar-refractivity contribution < 1.29 is 9.53 Å². The molecule has 1 aromatic carbocycles. The van der Waals surface area contributed by atoms with Crippen LogP contribution in [0.1, 0.15) is 35.3 Å². The number of hydrogen-bond donors (Lipinski definition) is 1. The van der Waals surface area contributed by atoms with Crippen molar-refractivity contribution in [1.82, 2.24) is 25.0 Å². The molecule has 0 bridgehead atoms. The number of nitrogens with one attached hydrogen (secondary N) is 1. The molecule has 1 aliphatic rings. The topological polar surface area (TPSA) is 72.3 Å². The monoisotopic (exact) mass is 393 g/mol. The third kappa shape index (κ3) is 4.10. The molecule has 4 rings (SSSR count). The minimum Gasteiger partial charge on any atom is -0.493 e. The molecule has 3 heterocycles. The molecule has 2 aromatic heterocycles. The number of amides is 1. The highest BCUT2D eigenvalue weighted by Crippen LogP contribution is 2.30. The van der Waals surface area contributed by atoms with Gasteiger partial charge in [0.05, 0.1) is 24.4 Å². The van der Waals surface area contributed by atoms with Crippen LogP contribution in [0.3, 0.4) is 0 Å². The Labute approximate surface area is 170 Å². The number of fused-ring (bicyclic) bond motifs is 1. The summed E-state index contributed by atoms with van der Waals surface area (Å²) in [5.74, 6) is 0.892. The van der Waals surface area contributed by atoms with E-state index in [1.807, 2.05) is 35.9 Å². The summed E-state index contributed by atoms with van der Waals surface area (Å²) in [4.78, 5) is 19.5. The van der Waals surface area contributed by atoms with E-state index in [-0.39, 0.29) is 5.91 Å². The molecule has 0 unspecified atom stereocenters. The van der Waals surface area contributed by atoms with E-state index in [0.29, 0.717) is 36.9 Å². The summed E-state index contributed by atoms with van der Waals surface area (Å²) in [6, 6.07) is 11.4. The van der Waals surface area contributed by atoms with E-state index in [2.05, 4.69) is 28.3 Å². The van der Waals surface area contributed by atoms with Crippen molar-refractivity contribution in [2.24, 2.45) is 0 Å². The Hall–Kier alpha value is -2.93. The second-order valence-electron chi connectivity index (χ2n) is 7.42. The number of hydrogen-bond acceptors (Lipinski definition) is 5. The van der Waals surface area contributed by atoms with Gasteiger partial charge in [-0.2, -0.15) is 5.10 Å². The van der Waals surface area contributed by atoms with Gasteiger partial charge in [-0.15, -0.1) is 0 Å². The lowest BCUT2D eigenvalue weighted by Crippen LogP contribution is -2.28. The highest BCUT2D eigenvalue weighted by atomic mass is 16.5. The molecule has 3 aromatic rings. The van der Waals surface area contributed by atoms with Gasteiger partial charge in [0, 0.05) is 30.6 Å².